The third-order valence-electron chi connectivity index (χ3n) is 4.09. The van der Waals surface area contributed by atoms with Crippen LogP contribution in [0.2, 0.25) is 0 Å². The first-order valence-electron chi connectivity index (χ1n) is 8.13. The summed E-state index contributed by atoms with van der Waals surface area (Å²) in [5.41, 5.74) is 0.780. The Morgan fingerprint density at radius 2 is 1.58 bits per heavy atom. The molecule has 0 spiro atoms. The van der Waals surface area contributed by atoms with Gasteiger partial charge in [-0.3, -0.25) is 4.79 Å². The second-order valence-corrected chi connectivity index (χ2v) is 5.71. The van der Waals surface area contributed by atoms with E-state index in [9.17, 15) is 9.90 Å². The van der Waals surface area contributed by atoms with Crippen molar-refractivity contribution in [2.75, 3.05) is 0 Å². The van der Waals surface area contributed by atoms with E-state index in [-0.39, 0.29) is 11.4 Å². The summed E-state index contributed by atoms with van der Waals surface area (Å²) in [5.74, 6) is 0.369. The molecule has 26 heavy (non-hydrogen) atoms. The van der Waals surface area contributed by atoms with E-state index in [1.807, 2.05) is 36.4 Å². The van der Waals surface area contributed by atoms with Crippen molar-refractivity contribution >= 4 is 22.8 Å². The molecule has 5 nitrogen and oxygen atoms in total. The topological polar surface area (TPSA) is 67.5 Å². The molecule has 5 heteroatoms. The molecule has 2 heterocycles. The van der Waals surface area contributed by atoms with Gasteiger partial charge in [0.15, 0.2) is 5.82 Å². The predicted molar refractivity (Wildman–Crippen MR) is 103 cm³/mol. The lowest BCUT2D eigenvalue weighted by molar-refractivity contribution is 0.436. The summed E-state index contributed by atoms with van der Waals surface area (Å²) in [5, 5.41) is 12.0. The van der Waals surface area contributed by atoms with Crippen LogP contribution in [-0.4, -0.2) is 20.9 Å². The Morgan fingerprint density at radius 1 is 0.885 bits per heavy atom. The van der Waals surface area contributed by atoms with Gasteiger partial charge in [0.05, 0.1) is 11.3 Å². The third kappa shape index (κ3) is 2.75. The molecule has 0 radical (unpaired) electrons. The average Bonchev–Trinajstić information content (AvgIpc) is 2.70. The van der Waals surface area contributed by atoms with E-state index < -0.39 is 0 Å². The highest BCUT2D eigenvalue weighted by Crippen LogP contribution is 2.26. The van der Waals surface area contributed by atoms with Gasteiger partial charge in [-0.25, -0.2) is 14.5 Å². The number of benzene rings is 2. The Hall–Kier alpha value is -3.73. The van der Waals surface area contributed by atoms with Crippen LogP contribution in [0, 0.1) is 0 Å². The minimum Gasteiger partial charge on any atom is -0.494 e. The number of rotatable bonds is 3. The monoisotopic (exact) mass is 341 g/mol. The van der Waals surface area contributed by atoms with Crippen molar-refractivity contribution in [3.63, 3.8) is 0 Å². The van der Waals surface area contributed by atoms with Crippen LogP contribution in [0.3, 0.4) is 0 Å². The summed E-state index contributed by atoms with van der Waals surface area (Å²) in [4.78, 5) is 21.4. The molecular formula is C21H15N3O2. The highest BCUT2D eigenvalue weighted by Gasteiger charge is 2.15. The van der Waals surface area contributed by atoms with Crippen LogP contribution >= 0.6 is 0 Å². The molecule has 4 rings (SSSR count). The lowest BCUT2D eigenvalue weighted by Gasteiger charge is -2.13. The van der Waals surface area contributed by atoms with Gasteiger partial charge in [0.25, 0.3) is 5.56 Å². The van der Waals surface area contributed by atoms with Crippen molar-refractivity contribution in [2.24, 2.45) is 4.99 Å². The predicted octanol–water partition coefficient (Wildman–Crippen LogP) is 3.84. The van der Waals surface area contributed by atoms with Gasteiger partial charge in [0.2, 0.25) is 5.88 Å². The first-order valence-corrected chi connectivity index (χ1v) is 8.13. The second-order valence-electron chi connectivity index (χ2n) is 5.71. The largest absolute Gasteiger partial charge is 0.494 e. The number of para-hydroxylation sites is 1. The Morgan fingerprint density at radius 3 is 2.31 bits per heavy atom. The van der Waals surface area contributed by atoms with Gasteiger partial charge in [-0.1, -0.05) is 42.5 Å². The Balaban J connectivity index is 2.00. The molecule has 4 aromatic rings. The molecule has 0 amide bonds. The van der Waals surface area contributed by atoms with Crippen LogP contribution in [-0.2, 0) is 0 Å². The Kier molecular flexibility index (Phi) is 4.03. The molecule has 0 aliphatic carbocycles. The lowest BCUT2D eigenvalue weighted by atomic mass is 10.1. The fourth-order valence-electron chi connectivity index (χ4n) is 2.87. The smallest absolute Gasteiger partial charge is 0.265 e. The summed E-state index contributed by atoms with van der Waals surface area (Å²) < 4.78 is 1.29. The van der Waals surface area contributed by atoms with Gasteiger partial charge in [0.1, 0.15) is 0 Å². The maximum atomic E-state index is 12.9. The maximum Gasteiger partial charge on any atom is 0.265 e. The molecule has 0 saturated carbocycles. The summed E-state index contributed by atoms with van der Waals surface area (Å²) in [6.45, 7) is 0. The number of aromatic nitrogens is 2. The molecule has 2 aromatic carbocycles. The van der Waals surface area contributed by atoms with E-state index in [1.165, 1.54) is 4.57 Å². The highest BCUT2D eigenvalue weighted by atomic mass is 16.3. The van der Waals surface area contributed by atoms with Gasteiger partial charge >= 0.3 is 0 Å². The van der Waals surface area contributed by atoms with Gasteiger partial charge in [-0.2, -0.15) is 0 Å². The molecule has 0 bridgehead atoms. The second kappa shape index (κ2) is 6.64. The van der Waals surface area contributed by atoms with Crippen molar-refractivity contribution in [2.45, 2.75) is 0 Å². The van der Waals surface area contributed by atoms with E-state index in [0.29, 0.717) is 27.8 Å². The fourth-order valence-corrected chi connectivity index (χ4v) is 2.87. The average molecular weight is 341 g/mol. The van der Waals surface area contributed by atoms with E-state index >= 15 is 0 Å². The number of fused-ring (bicyclic) bond motifs is 1. The zero-order valence-electron chi connectivity index (χ0n) is 13.8. The SMILES string of the molecule is O=c1c2ccccc2c(C=Nc2ccccn2)c(O)n1-c1ccccc1. The van der Waals surface area contributed by atoms with E-state index in [2.05, 4.69) is 9.98 Å². The standard InChI is InChI=1S/C21H15N3O2/c25-20-17-11-5-4-10-16(17)18(14-23-19-12-6-7-13-22-19)21(26)24(20)15-8-2-1-3-9-15/h1-14,26H. The van der Waals surface area contributed by atoms with Crippen LogP contribution in [0.15, 0.2) is 88.8 Å². The van der Waals surface area contributed by atoms with Gasteiger partial charge in [0, 0.05) is 23.2 Å². The molecule has 0 atom stereocenters. The summed E-state index contributed by atoms with van der Waals surface area (Å²) in [7, 11) is 0. The molecule has 0 unspecified atom stereocenters. The first-order chi connectivity index (χ1) is 12.8. The van der Waals surface area contributed by atoms with Gasteiger partial charge < -0.3 is 5.11 Å². The molecule has 2 aromatic heterocycles. The zero-order valence-corrected chi connectivity index (χ0v) is 13.8. The highest BCUT2D eigenvalue weighted by molar-refractivity contribution is 6.02. The molecule has 0 aliphatic heterocycles. The van der Waals surface area contributed by atoms with Crippen LogP contribution in [0.5, 0.6) is 5.88 Å². The quantitative estimate of drug-likeness (QED) is 0.576. The van der Waals surface area contributed by atoms with Gasteiger partial charge in [-0.05, 0) is 30.3 Å². The van der Waals surface area contributed by atoms with Crippen molar-refractivity contribution in [3.05, 3.63) is 94.9 Å². The van der Waals surface area contributed by atoms with Crippen LogP contribution in [0.4, 0.5) is 5.82 Å². The first kappa shape index (κ1) is 15.8. The van der Waals surface area contributed by atoms with Crippen LogP contribution < -0.4 is 5.56 Å². The zero-order chi connectivity index (χ0) is 17.9. The van der Waals surface area contributed by atoms with E-state index in [0.717, 1.165) is 0 Å². The van der Waals surface area contributed by atoms with Crippen molar-refractivity contribution in [1.82, 2.24) is 9.55 Å². The van der Waals surface area contributed by atoms with Crippen LogP contribution in [0.25, 0.3) is 16.5 Å². The summed E-state index contributed by atoms with van der Waals surface area (Å²) in [6.07, 6.45) is 3.19. The molecule has 1 N–H and O–H groups in total. The normalized spacial score (nSPS) is 11.2. The minimum atomic E-state index is -0.278. The molecular weight excluding hydrogens is 326 g/mol. The lowest BCUT2D eigenvalue weighted by Crippen LogP contribution is -2.20. The van der Waals surface area contributed by atoms with Crippen LogP contribution in [0.1, 0.15) is 5.56 Å². The summed E-state index contributed by atoms with van der Waals surface area (Å²) >= 11 is 0. The number of nitrogens with zero attached hydrogens (tertiary/aromatic N) is 3. The van der Waals surface area contributed by atoms with Crippen molar-refractivity contribution in [3.8, 4) is 11.6 Å². The number of pyridine rings is 2. The number of aliphatic imine (C=N–C) groups is 1. The van der Waals surface area contributed by atoms with Crippen molar-refractivity contribution < 1.29 is 5.11 Å². The van der Waals surface area contributed by atoms with E-state index in [1.54, 1.807) is 48.8 Å². The van der Waals surface area contributed by atoms with Crippen molar-refractivity contribution in [1.29, 1.82) is 0 Å². The Labute approximate surface area is 149 Å². The molecule has 126 valence electrons. The van der Waals surface area contributed by atoms with Gasteiger partial charge in [-0.15, -0.1) is 0 Å². The molecule has 0 fully saturated rings. The molecule has 0 saturated heterocycles. The number of hydrogen-bond donors (Lipinski definition) is 1. The summed E-state index contributed by atoms with van der Waals surface area (Å²) in [6, 6.07) is 21.6. The Bertz CT molecular complexity index is 1150. The number of aromatic hydroxyl groups is 1. The minimum absolute atomic E-state index is 0.153. The molecule has 0 aliphatic rings. The fraction of sp³-hybridized carbons (Fsp3) is 0. The van der Waals surface area contributed by atoms with E-state index in [4.69, 9.17) is 0 Å². The number of hydrogen-bond acceptors (Lipinski definition) is 4. The maximum absolute atomic E-state index is 12.9. The third-order valence-corrected chi connectivity index (χ3v) is 4.09.